The molecule has 0 aromatic heterocycles. The molecule has 2 rings (SSSR count). The third kappa shape index (κ3) is 5.92. The molecule has 0 unspecified atom stereocenters. The number of carbonyl (C=O) groups excluding carboxylic acids is 1. The SMILES string of the molecule is CC(C)(C)OC(=O)NC1CCC(Nc2cccc(C(=O)O)c2Br)CC1. The lowest BCUT2D eigenvalue weighted by atomic mass is 9.91. The molecule has 1 aliphatic carbocycles. The molecule has 1 saturated carbocycles. The summed E-state index contributed by atoms with van der Waals surface area (Å²) in [5.41, 5.74) is 0.526. The zero-order valence-electron chi connectivity index (χ0n) is 14.8. The van der Waals surface area contributed by atoms with E-state index < -0.39 is 11.6 Å². The lowest BCUT2D eigenvalue weighted by Crippen LogP contribution is -2.42. The molecule has 0 aliphatic heterocycles. The van der Waals surface area contributed by atoms with E-state index in [2.05, 4.69) is 26.6 Å². The predicted octanol–water partition coefficient (Wildman–Crippen LogP) is 4.40. The molecule has 0 spiro atoms. The van der Waals surface area contributed by atoms with Crippen molar-refractivity contribution in [3.63, 3.8) is 0 Å². The maximum absolute atomic E-state index is 11.8. The maximum atomic E-state index is 11.8. The minimum atomic E-state index is -0.958. The third-order valence-corrected chi connectivity index (χ3v) is 4.89. The first kappa shape index (κ1) is 19.6. The Labute approximate surface area is 156 Å². The first-order valence-corrected chi connectivity index (χ1v) is 9.23. The van der Waals surface area contributed by atoms with Gasteiger partial charge in [-0.15, -0.1) is 0 Å². The molecule has 6 nitrogen and oxygen atoms in total. The summed E-state index contributed by atoms with van der Waals surface area (Å²) in [7, 11) is 0. The second kappa shape index (κ2) is 8.08. The van der Waals surface area contributed by atoms with Gasteiger partial charge in [0.15, 0.2) is 0 Å². The summed E-state index contributed by atoms with van der Waals surface area (Å²) >= 11 is 3.36. The number of nitrogens with one attached hydrogen (secondary N) is 2. The molecule has 1 aliphatic rings. The molecule has 0 radical (unpaired) electrons. The summed E-state index contributed by atoms with van der Waals surface area (Å²) in [5, 5.41) is 15.5. The number of amides is 1. The molecule has 0 heterocycles. The van der Waals surface area contributed by atoms with Gasteiger partial charge in [-0.3, -0.25) is 0 Å². The van der Waals surface area contributed by atoms with Gasteiger partial charge in [0.2, 0.25) is 0 Å². The summed E-state index contributed by atoms with van der Waals surface area (Å²) in [6, 6.07) is 5.52. The van der Waals surface area contributed by atoms with Crippen LogP contribution >= 0.6 is 15.9 Å². The summed E-state index contributed by atoms with van der Waals surface area (Å²) in [6.07, 6.45) is 3.12. The van der Waals surface area contributed by atoms with Crippen LogP contribution < -0.4 is 10.6 Å². The number of carboxylic acids is 1. The van der Waals surface area contributed by atoms with Gasteiger partial charge >= 0.3 is 12.1 Å². The first-order valence-electron chi connectivity index (χ1n) is 8.43. The highest BCUT2D eigenvalue weighted by molar-refractivity contribution is 9.10. The van der Waals surface area contributed by atoms with E-state index in [4.69, 9.17) is 4.74 Å². The van der Waals surface area contributed by atoms with Gasteiger partial charge < -0.3 is 20.5 Å². The van der Waals surface area contributed by atoms with Gasteiger partial charge in [0.05, 0.1) is 10.0 Å². The van der Waals surface area contributed by atoms with Gasteiger partial charge in [-0.25, -0.2) is 9.59 Å². The largest absolute Gasteiger partial charge is 0.478 e. The first-order chi connectivity index (χ1) is 11.7. The Morgan fingerprint density at radius 3 is 2.32 bits per heavy atom. The van der Waals surface area contributed by atoms with E-state index >= 15 is 0 Å². The van der Waals surface area contributed by atoms with Crippen molar-refractivity contribution >= 4 is 33.7 Å². The standard InChI is InChI=1S/C18H25BrN2O4/c1-18(2,3)25-17(24)21-12-9-7-11(8-10-12)20-14-6-4-5-13(15(14)19)16(22)23/h4-6,11-12,20H,7-10H2,1-3H3,(H,21,24)(H,22,23). The number of halogens is 1. The average molecular weight is 413 g/mol. The van der Waals surface area contributed by atoms with Crippen molar-refractivity contribution in [2.24, 2.45) is 0 Å². The number of ether oxygens (including phenoxy) is 1. The van der Waals surface area contributed by atoms with E-state index in [1.165, 1.54) is 0 Å². The normalized spacial score (nSPS) is 20.6. The molecular weight excluding hydrogens is 388 g/mol. The topological polar surface area (TPSA) is 87.7 Å². The van der Waals surface area contributed by atoms with E-state index in [-0.39, 0.29) is 23.7 Å². The molecule has 0 saturated heterocycles. The quantitative estimate of drug-likeness (QED) is 0.681. The van der Waals surface area contributed by atoms with Crippen LogP contribution in [-0.2, 0) is 4.74 Å². The van der Waals surface area contributed by atoms with E-state index in [0.29, 0.717) is 4.47 Å². The number of aromatic carboxylic acids is 1. The van der Waals surface area contributed by atoms with Crippen LogP contribution in [0.3, 0.4) is 0 Å². The van der Waals surface area contributed by atoms with E-state index in [1.54, 1.807) is 12.1 Å². The van der Waals surface area contributed by atoms with Crippen LogP contribution in [-0.4, -0.2) is 34.9 Å². The summed E-state index contributed by atoms with van der Waals surface area (Å²) in [5.74, 6) is -0.958. The predicted molar refractivity (Wildman–Crippen MR) is 100 cm³/mol. The van der Waals surface area contributed by atoms with Crippen LogP contribution in [0.5, 0.6) is 0 Å². The van der Waals surface area contributed by atoms with Crippen LogP contribution in [0.25, 0.3) is 0 Å². The number of anilines is 1. The fourth-order valence-electron chi connectivity index (χ4n) is 2.88. The van der Waals surface area contributed by atoms with E-state index in [0.717, 1.165) is 31.4 Å². The van der Waals surface area contributed by atoms with Gasteiger partial charge in [0.25, 0.3) is 0 Å². The van der Waals surface area contributed by atoms with Crippen LogP contribution in [0.4, 0.5) is 10.5 Å². The van der Waals surface area contributed by atoms with E-state index in [9.17, 15) is 14.7 Å². The van der Waals surface area contributed by atoms with Crippen molar-refractivity contribution in [1.82, 2.24) is 5.32 Å². The monoisotopic (exact) mass is 412 g/mol. The third-order valence-electron chi connectivity index (χ3n) is 4.04. The van der Waals surface area contributed by atoms with Crippen molar-refractivity contribution in [2.45, 2.75) is 64.1 Å². The van der Waals surface area contributed by atoms with Crippen molar-refractivity contribution < 1.29 is 19.4 Å². The highest BCUT2D eigenvalue weighted by Gasteiger charge is 2.25. The Morgan fingerprint density at radius 1 is 1.16 bits per heavy atom. The zero-order chi connectivity index (χ0) is 18.6. The average Bonchev–Trinajstić information content (AvgIpc) is 2.49. The van der Waals surface area contributed by atoms with Crippen LogP contribution in [0.15, 0.2) is 22.7 Å². The maximum Gasteiger partial charge on any atom is 0.407 e. The van der Waals surface area contributed by atoms with Crippen molar-refractivity contribution in [3.05, 3.63) is 28.2 Å². The van der Waals surface area contributed by atoms with Gasteiger partial charge in [-0.1, -0.05) is 6.07 Å². The molecule has 7 heteroatoms. The smallest absolute Gasteiger partial charge is 0.407 e. The Balaban J connectivity index is 1.86. The van der Waals surface area contributed by atoms with Gasteiger partial charge in [0.1, 0.15) is 5.60 Å². The molecule has 1 fully saturated rings. The second-order valence-electron chi connectivity index (χ2n) is 7.31. The molecule has 1 amide bonds. The number of hydrogen-bond acceptors (Lipinski definition) is 4. The molecule has 3 N–H and O–H groups in total. The molecule has 25 heavy (non-hydrogen) atoms. The van der Waals surface area contributed by atoms with Gasteiger partial charge in [0, 0.05) is 17.8 Å². The molecule has 0 atom stereocenters. The number of carbonyl (C=O) groups is 2. The van der Waals surface area contributed by atoms with Crippen molar-refractivity contribution in [3.8, 4) is 0 Å². The summed E-state index contributed by atoms with van der Waals surface area (Å²) in [6.45, 7) is 5.53. The van der Waals surface area contributed by atoms with Crippen LogP contribution in [0.2, 0.25) is 0 Å². The Morgan fingerprint density at radius 2 is 1.76 bits per heavy atom. The lowest BCUT2D eigenvalue weighted by molar-refractivity contribution is 0.0491. The molecule has 1 aromatic carbocycles. The van der Waals surface area contributed by atoms with E-state index in [1.807, 2.05) is 26.8 Å². The fraction of sp³-hybridized carbons (Fsp3) is 0.556. The molecule has 0 bridgehead atoms. The number of benzene rings is 1. The fourth-order valence-corrected chi connectivity index (χ4v) is 3.43. The van der Waals surface area contributed by atoms with Crippen molar-refractivity contribution in [1.29, 1.82) is 0 Å². The number of carboxylic acid groups (broad SMARTS) is 1. The summed E-state index contributed by atoms with van der Waals surface area (Å²) in [4.78, 5) is 23.0. The highest BCUT2D eigenvalue weighted by atomic mass is 79.9. The molecular formula is C18H25BrN2O4. The Hall–Kier alpha value is -1.76. The van der Waals surface area contributed by atoms with Crippen LogP contribution in [0.1, 0.15) is 56.8 Å². The second-order valence-corrected chi connectivity index (χ2v) is 8.10. The summed E-state index contributed by atoms with van der Waals surface area (Å²) < 4.78 is 5.85. The number of rotatable bonds is 4. The van der Waals surface area contributed by atoms with Crippen molar-refractivity contribution in [2.75, 3.05) is 5.32 Å². The van der Waals surface area contributed by atoms with Gasteiger partial charge in [-0.05, 0) is 74.5 Å². The minimum absolute atomic E-state index is 0.113. The van der Waals surface area contributed by atoms with Gasteiger partial charge in [-0.2, -0.15) is 0 Å². The number of alkyl carbamates (subject to hydrolysis) is 1. The van der Waals surface area contributed by atoms with Crippen LogP contribution in [0, 0.1) is 0 Å². The zero-order valence-corrected chi connectivity index (χ0v) is 16.4. The minimum Gasteiger partial charge on any atom is -0.478 e. The Kier molecular flexibility index (Phi) is 6.32. The lowest BCUT2D eigenvalue weighted by Gasteiger charge is -2.31. The molecule has 138 valence electrons. The molecule has 1 aromatic rings. The number of hydrogen-bond donors (Lipinski definition) is 3. The Bertz CT molecular complexity index is 634. The highest BCUT2D eigenvalue weighted by Crippen LogP contribution is 2.30.